The number of hydrogen-bond donors (Lipinski definition) is 2. The van der Waals surface area contributed by atoms with Crippen molar-refractivity contribution in [2.45, 2.75) is 13.1 Å². The SMILES string of the molecule is NC(=O)c1ccc2c(c1)N(Cc1cc(F)cc(F)c1)C(=O)NC2. The molecule has 0 saturated carbocycles. The van der Waals surface area contributed by atoms with Gasteiger partial charge < -0.3 is 11.1 Å². The highest BCUT2D eigenvalue weighted by atomic mass is 19.1. The van der Waals surface area contributed by atoms with Crippen LogP contribution in [0.2, 0.25) is 0 Å². The lowest BCUT2D eigenvalue weighted by atomic mass is 10.0. The van der Waals surface area contributed by atoms with Crippen LogP contribution in [0.25, 0.3) is 0 Å². The highest BCUT2D eigenvalue weighted by Gasteiger charge is 2.25. The van der Waals surface area contributed by atoms with Crippen molar-refractivity contribution in [3.63, 3.8) is 0 Å². The van der Waals surface area contributed by atoms with E-state index in [4.69, 9.17) is 5.73 Å². The Morgan fingerprint density at radius 1 is 1.17 bits per heavy atom. The third kappa shape index (κ3) is 2.98. The number of halogens is 2. The maximum Gasteiger partial charge on any atom is 0.322 e. The largest absolute Gasteiger partial charge is 0.366 e. The zero-order valence-corrected chi connectivity index (χ0v) is 12.0. The van der Waals surface area contributed by atoms with Gasteiger partial charge in [-0.3, -0.25) is 9.69 Å². The van der Waals surface area contributed by atoms with E-state index < -0.39 is 23.6 Å². The Hall–Kier alpha value is -2.96. The lowest BCUT2D eigenvalue weighted by molar-refractivity contribution is 0.1000. The van der Waals surface area contributed by atoms with E-state index in [-0.39, 0.29) is 12.1 Å². The summed E-state index contributed by atoms with van der Waals surface area (Å²) in [5.74, 6) is -2.05. The number of rotatable bonds is 3. The maximum atomic E-state index is 13.3. The molecule has 2 aromatic carbocycles. The van der Waals surface area contributed by atoms with Crippen LogP contribution in [-0.2, 0) is 13.1 Å². The van der Waals surface area contributed by atoms with Crippen LogP contribution in [-0.4, -0.2) is 11.9 Å². The molecule has 23 heavy (non-hydrogen) atoms. The van der Waals surface area contributed by atoms with Crippen molar-refractivity contribution < 1.29 is 18.4 Å². The fourth-order valence-electron chi connectivity index (χ4n) is 2.54. The monoisotopic (exact) mass is 317 g/mol. The first-order chi connectivity index (χ1) is 10.9. The van der Waals surface area contributed by atoms with Crippen molar-refractivity contribution in [3.05, 3.63) is 64.7 Å². The van der Waals surface area contributed by atoms with Crippen LogP contribution in [0, 0.1) is 11.6 Å². The standard InChI is InChI=1S/C16H13F2N3O2/c17-12-3-9(4-13(18)6-12)8-21-14-5-10(15(19)22)1-2-11(14)7-20-16(21)23/h1-6H,7-8H2,(H2,19,22)(H,20,23). The number of benzene rings is 2. The minimum absolute atomic E-state index is 0.0320. The van der Waals surface area contributed by atoms with E-state index in [1.807, 2.05) is 0 Å². The van der Waals surface area contributed by atoms with E-state index in [1.165, 1.54) is 11.0 Å². The molecule has 0 atom stereocenters. The molecular formula is C16H13F2N3O2. The predicted octanol–water partition coefficient (Wildman–Crippen LogP) is 2.29. The van der Waals surface area contributed by atoms with Crippen molar-refractivity contribution in [2.24, 2.45) is 5.73 Å². The van der Waals surface area contributed by atoms with Crippen molar-refractivity contribution in [1.82, 2.24) is 5.32 Å². The molecular weight excluding hydrogens is 304 g/mol. The quantitative estimate of drug-likeness (QED) is 0.911. The molecule has 7 heteroatoms. The van der Waals surface area contributed by atoms with Gasteiger partial charge in [0, 0.05) is 18.2 Å². The highest BCUT2D eigenvalue weighted by molar-refractivity contribution is 5.98. The van der Waals surface area contributed by atoms with E-state index in [9.17, 15) is 18.4 Å². The van der Waals surface area contributed by atoms with Crippen LogP contribution in [0.4, 0.5) is 19.3 Å². The van der Waals surface area contributed by atoms with Gasteiger partial charge in [0.05, 0.1) is 12.2 Å². The van der Waals surface area contributed by atoms with Crippen LogP contribution in [0.1, 0.15) is 21.5 Å². The first-order valence-corrected chi connectivity index (χ1v) is 6.87. The minimum Gasteiger partial charge on any atom is -0.366 e. The molecule has 118 valence electrons. The fraction of sp³-hybridized carbons (Fsp3) is 0.125. The van der Waals surface area contributed by atoms with Crippen LogP contribution in [0.3, 0.4) is 0 Å². The normalized spacial score (nSPS) is 13.5. The molecule has 1 aliphatic heterocycles. The number of fused-ring (bicyclic) bond motifs is 1. The summed E-state index contributed by atoms with van der Waals surface area (Å²) < 4.78 is 26.6. The maximum absolute atomic E-state index is 13.3. The second-order valence-corrected chi connectivity index (χ2v) is 5.23. The molecule has 0 unspecified atom stereocenters. The topological polar surface area (TPSA) is 75.4 Å². The molecule has 0 radical (unpaired) electrons. The molecule has 0 bridgehead atoms. The Kier molecular flexibility index (Phi) is 3.69. The number of primary amides is 1. The zero-order valence-electron chi connectivity index (χ0n) is 12.0. The first kappa shape index (κ1) is 15.0. The zero-order chi connectivity index (χ0) is 16.6. The van der Waals surface area contributed by atoms with E-state index in [2.05, 4.69) is 5.32 Å². The number of hydrogen-bond acceptors (Lipinski definition) is 2. The van der Waals surface area contributed by atoms with Crippen LogP contribution >= 0.6 is 0 Å². The summed E-state index contributed by atoms with van der Waals surface area (Å²) >= 11 is 0. The minimum atomic E-state index is -0.719. The number of nitrogens with one attached hydrogen (secondary N) is 1. The molecule has 1 heterocycles. The van der Waals surface area contributed by atoms with E-state index in [1.54, 1.807) is 12.1 Å². The average molecular weight is 317 g/mol. The number of urea groups is 1. The molecule has 0 aliphatic carbocycles. The number of amides is 3. The molecule has 1 aliphatic rings. The smallest absolute Gasteiger partial charge is 0.322 e. The number of nitrogens with two attached hydrogens (primary N) is 1. The number of carbonyl (C=O) groups is 2. The van der Waals surface area contributed by atoms with E-state index in [0.29, 0.717) is 17.8 Å². The summed E-state index contributed by atoms with van der Waals surface area (Å²) in [6.07, 6.45) is 0. The third-order valence-electron chi connectivity index (χ3n) is 3.60. The van der Waals surface area contributed by atoms with Gasteiger partial charge in [-0.05, 0) is 35.4 Å². The van der Waals surface area contributed by atoms with Crippen molar-refractivity contribution in [3.8, 4) is 0 Å². The van der Waals surface area contributed by atoms with Crippen LogP contribution < -0.4 is 16.0 Å². The lowest BCUT2D eigenvalue weighted by Crippen LogP contribution is -2.43. The van der Waals surface area contributed by atoms with Gasteiger partial charge >= 0.3 is 6.03 Å². The molecule has 3 N–H and O–H groups in total. The third-order valence-corrected chi connectivity index (χ3v) is 3.60. The number of nitrogens with zero attached hydrogens (tertiary/aromatic N) is 1. The average Bonchev–Trinajstić information content (AvgIpc) is 2.48. The summed E-state index contributed by atoms with van der Waals surface area (Å²) in [4.78, 5) is 24.8. The Balaban J connectivity index is 2.00. The van der Waals surface area contributed by atoms with E-state index in [0.717, 1.165) is 23.8 Å². The summed E-state index contributed by atoms with van der Waals surface area (Å²) in [5.41, 5.74) is 7.10. The van der Waals surface area contributed by atoms with Gasteiger partial charge in [-0.1, -0.05) is 6.07 Å². The number of carbonyl (C=O) groups excluding carboxylic acids is 2. The molecule has 0 spiro atoms. The van der Waals surface area contributed by atoms with Gasteiger partial charge in [-0.25, -0.2) is 13.6 Å². The Morgan fingerprint density at radius 2 is 1.87 bits per heavy atom. The van der Waals surface area contributed by atoms with Crippen LogP contribution in [0.5, 0.6) is 0 Å². The summed E-state index contributed by atoms with van der Waals surface area (Å²) in [7, 11) is 0. The Bertz CT molecular complexity index is 788. The van der Waals surface area contributed by atoms with Gasteiger partial charge in [0.2, 0.25) is 5.91 Å². The summed E-state index contributed by atoms with van der Waals surface area (Å²) in [6, 6.07) is 7.42. The molecule has 2 aromatic rings. The van der Waals surface area contributed by atoms with Gasteiger partial charge in [-0.15, -0.1) is 0 Å². The Labute approximate surface area is 130 Å². The molecule has 0 saturated heterocycles. The van der Waals surface area contributed by atoms with Gasteiger partial charge in [0.25, 0.3) is 0 Å². The van der Waals surface area contributed by atoms with Gasteiger partial charge in [0.1, 0.15) is 11.6 Å². The fourth-order valence-corrected chi connectivity index (χ4v) is 2.54. The lowest BCUT2D eigenvalue weighted by Gasteiger charge is -2.30. The molecule has 5 nitrogen and oxygen atoms in total. The Morgan fingerprint density at radius 3 is 2.52 bits per heavy atom. The molecule has 3 rings (SSSR count). The van der Waals surface area contributed by atoms with Crippen molar-refractivity contribution in [2.75, 3.05) is 4.90 Å². The highest BCUT2D eigenvalue weighted by Crippen LogP contribution is 2.27. The molecule has 0 fully saturated rings. The van der Waals surface area contributed by atoms with Crippen molar-refractivity contribution in [1.29, 1.82) is 0 Å². The van der Waals surface area contributed by atoms with Crippen molar-refractivity contribution >= 4 is 17.6 Å². The number of anilines is 1. The second-order valence-electron chi connectivity index (χ2n) is 5.23. The summed E-state index contributed by atoms with van der Waals surface area (Å²) in [5, 5.41) is 2.67. The molecule has 0 aromatic heterocycles. The first-order valence-electron chi connectivity index (χ1n) is 6.87. The van der Waals surface area contributed by atoms with Crippen LogP contribution in [0.15, 0.2) is 36.4 Å². The predicted molar refractivity (Wildman–Crippen MR) is 79.7 cm³/mol. The van der Waals surface area contributed by atoms with Gasteiger partial charge in [-0.2, -0.15) is 0 Å². The van der Waals surface area contributed by atoms with E-state index >= 15 is 0 Å². The van der Waals surface area contributed by atoms with Gasteiger partial charge in [0.15, 0.2) is 0 Å². The molecule has 3 amide bonds. The summed E-state index contributed by atoms with van der Waals surface area (Å²) in [6.45, 7) is 0.275. The second kappa shape index (κ2) is 5.68.